The molecule has 1 aliphatic carbocycles. The van der Waals surface area contributed by atoms with Gasteiger partial charge in [-0.3, -0.25) is 0 Å². The molecule has 0 unspecified atom stereocenters. The molecule has 1 aromatic carbocycles. The van der Waals surface area contributed by atoms with Gasteiger partial charge in [-0.15, -0.1) is 0 Å². The van der Waals surface area contributed by atoms with Gasteiger partial charge in [0.2, 0.25) is 0 Å². The fraction of sp³-hybridized carbons (Fsp3) is 0.133. The largest absolute Gasteiger partial charge is 0.244 e. The Hall–Kier alpha value is -1.07. The van der Waals surface area contributed by atoms with Crippen LogP contribution in [0.1, 0.15) is 18.5 Å². The van der Waals surface area contributed by atoms with Crippen LogP contribution >= 0.6 is 31.9 Å². The molecule has 1 nitrogen and oxygen atoms in total. The van der Waals surface area contributed by atoms with E-state index in [1.54, 1.807) is 24.3 Å². The van der Waals surface area contributed by atoms with Gasteiger partial charge in [-0.1, -0.05) is 28.1 Å². The summed E-state index contributed by atoms with van der Waals surface area (Å²) in [6.07, 6.45) is 4.78. The van der Waals surface area contributed by atoms with Gasteiger partial charge >= 0.3 is 0 Å². The van der Waals surface area contributed by atoms with Crippen molar-refractivity contribution in [1.29, 1.82) is 0 Å². The van der Waals surface area contributed by atoms with Crippen molar-refractivity contribution in [2.24, 2.45) is 0 Å². The lowest BCUT2D eigenvalue weighted by Gasteiger charge is -2.12. The van der Waals surface area contributed by atoms with Crippen molar-refractivity contribution in [1.82, 2.24) is 4.98 Å². The zero-order valence-electron chi connectivity index (χ0n) is 10.3. The predicted octanol–water partition coefficient (Wildman–Crippen LogP) is 5.93. The minimum atomic E-state index is -0.439. The molecule has 1 heterocycles. The first-order chi connectivity index (χ1) is 9.58. The maximum absolute atomic E-state index is 14.2. The predicted molar refractivity (Wildman–Crippen MR) is 83.5 cm³/mol. The van der Waals surface area contributed by atoms with Crippen LogP contribution < -0.4 is 0 Å². The molecule has 0 saturated carbocycles. The number of hydrogen-bond donors (Lipinski definition) is 0. The number of pyridine rings is 1. The molecule has 1 aromatic heterocycles. The number of rotatable bonds is 1. The third-order valence-corrected chi connectivity index (χ3v) is 4.46. The van der Waals surface area contributed by atoms with Gasteiger partial charge in [0.05, 0.1) is 10.2 Å². The van der Waals surface area contributed by atoms with E-state index in [1.165, 1.54) is 6.08 Å². The lowest BCUT2D eigenvalue weighted by molar-refractivity contribution is 0.629. The number of allylic oxidation sites excluding steroid dienone is 4. The lowest BCUT2D eigenvalue weighted by Crippen LogP contribution is -1.97. The van der Waals surface area contributed by atoms with Crippen LogP contribution in [0.4, 0.5) is 8.78 Å². The Morgan fingerprint density at radius 1 is 1.00 bits per heavy atom. The second kappa shape index (κ2) is 5.37. The minimum absolute atomic E-state index is 0.225. The Balaban J connectivity index is 2.26. The van der Waals surface area contributed by atoms with Crippen LogP contribution in [0, 0.1) is 5.82 Å². The first kappa shape index (κ1) is 13.9. The number of aromatic nitrogens is 1. The van der Waals surface area contributed by atoms with E-state index in [2.05, 4.69) is 36.8 Å². The Labute approximate surface area is 131 Å². The molecule has 20 heavy (non-hydrogen) atoms. The molecule has 1 aliphatic rings. The molecule has 0 aliphatic heterocycles. The molecule has 0 N–H and O–H groups in total. The van der Waals surface area contributed by atoms with Gasteiger partial charge in [0.25, 0.3) is 0 Å². The van der Waals surface area contributed by atoms with E-state index in [0.29, 0.717) is 32.0 Å². The van der Waals surface area contributed by atoms with E-state index in [9.17, 15) is 8.78 Å². The van der Waals surface area contributed by atoms with Crippen LogP contribution in [0.5, 0.6) is 0 Å². The van der Waals surface area contributed by atoms with Crippen molar-refractivity contribution >= 4 is 48.3 Å². The van der Waals surface area contributed by atoms with Crippen molar-refractivity contribution in [3.8, 4) is 0 Å². The van der Waals surface area contributed by atoms with E-state index in [0.717, 1.165) is 6.42 Å². The van der Waals surface area contributed by atoms with Crippen LogP contribution in [-0.2, 0) is 0 Å². The normalized spacial score (nSPS) is 15.2. The molecular formula is C15H9Br2F2N. The van der Waals surface area contributed by atoms with Gasteiger partial charge < -0.3 is 0 Å². The third-order valence-electron chi connectivity index (χ3n) is 3.19. The fourth-order valence-electron chi connectivity index (χ4n) is 2.20. The van der Waals surface area contributed by atoms with E-state index in [4.69, 9.17) is 0 Å². The number of nitrogens with zero attached hydrogens (tertiary/aromatic N) is 1. The molecule has 0 saturated heterocycles. The van der Waals surface area contributed by atoms with Crippen LogP contribution in [0.25, 0.3) is 16.5 Å². The molecule has 0 atom stereocenters. The summed E-state index contributed by atoms with van der Waals surface area (Å²) in [5, 5.41) is 0.662. The van der Waals surface area contributed by atoms with Gasteiger partial charge in [-0.25, -0.2) is 13.8 Å². The van der Waals surface area contributed by atoms with Gasteiger partial charge in [-0.05, 0) is 47.0 Å². The van der Waals surface area contributed by atoms with E-state index < -0.39 is 5.82 Å². The van der Waals surface area contributed by atoms with Crippen LogP contribution in [-0.4, -0.2) is 4.98 Å². The molecule has 0 fully saturated rings. The molecule has 0 radical (unpaired) electrons. The zero-order valence-corrected chi connectivity index (χ0v) is 13.4. The van der Waals surface area contributed by atoms with Crippen LogP contribution in [0.15, 0.2) is 45.1 Å². The van der Waals surface area contributed by atoms with E-state index in [1.807, 2.05) is 0 Å². The van der Waals surface area contributed by atoms with Gasteiger partial charge in [0, 0.05) is 15.4 Å². The van der Waals surface area contributed by atoms with Crippen molar-refractivity contribution in [3.05, 3.63) is 56.6 Å². The minimum Gasteiger partial charge on any atom is -0.244 e. The molecular weight excluding hydrogens is 392 g/mol. The third kappa shape index (κ3) is 2.33. The molecule has 102 valence electrons. The Kier molecular flexibility index (Phi) is 3.73. The maximum Gasteiger partial charge on any atom is 0.163 e. The number of halogens is 4. The topological polar surface area (TPSA) is 12.9 Å². The summed E-state index contributed by atoms with van der Waals surface area (Å²) < 4.78 is 29.1. The number of fused-ring (bicyclic) bond motifs is 1. The van der Waals surface area contributed by atoms with Gasteiger partial charge in [-0.2, -0.15) is 0 Å². The summed E-state index contributed by atoms with van der Waals surface area (Å²) in [4.78, 5) is 4.29. The SMILES string of the molecule is FC1=CCCC=C1c1cc(Br)c2ccc(Br)c(F)c2n1. The monoisotopic (exact) mass is 399 g/mol. The summed E-state index contributed by atoms with van der Waals surface area (Å²) in [5.74, 6) is -0.740. The highest BCUT2D eigenvalue weighted by Crippen LogP contribution is 2.34. The van der Waals surface area contributed by atoms with Crippen LogP contribution in [0.2, 0.25) is 0 Å². The molecule has 0 bridgehead atoms. The Morgan fingerprint density at radius 3 is 2.50 bits per heavy atom. The Morgan fingerprint density at radius 2 is 1.75 bits per heavy atom. The standard InChI is InChI=1S/C15H9Br2F2N/c16-10-6-5-8-11(17)7-13(20-15(8)14(10)19)9-3-1-2-4-12(9)18/h3-7H,1-2H2. The second-order valence-electron chi connectivity index (χ2n) is 4.49. The quantitative estimate of drug-likeness (QED) is 0.578. The summed E-state index contributed by atoms with van der Waals surface area (Å²) in [6.45, 7) is 0. The summed E-state index contributed by atoms with van der Waals surface area (Å²) in [5.41, 5.74) is 1.09. The highest BCUT2D eigenvalue weighted by Gasteiger charge is 2.16. The lowest BCUT2D eigenvalue weighted by atomic mass is 10.0. The Bertz CT molecular complexity index is 766. The highest BCUT2D eigenvalue weighted by molar-refractivity contribution is 9.11. The average molecular weight is 401 g/mol. The van der Waals surface area contributed by atoms with Crippen molar-refractivity contribution < 1.29 is 8.78 Å². The molecule has 5 heteroatoms. The first-order valence-electron chi connectivity index (χ1n) is 6.09. The first-order valence-corrected chi connectivity index (χ1v) is 7.67. The van der Waals surface area contributed by atoms with Crippen molar-refractivity contribution in [3.63, 3.8) is 0 Å². The summed E-state index contributed by atoms with van der Waals surface area (Å²) >= 11 is 6.54. The van der Waals surface area contributed by atoms with Crippen molar-refractivity contribution in [2.75, 3.05) is 0 Å². The van der Waals surface area contributed by atoms with E-state index >= 15 is 0 Å². The summed E-state index contributed by atoms with van der Waals surface area (Å²) in [7, 11) is 0. The smallest absolute Gasteiger partial charge is 0.163 e. The van der Waals surface area contributed by atoms with Crippen molar-refractivity contribution in [2.45, 2.75) is 12.8 Å². The average Bonchev–Trinajstić information content (AvgIpc) is 2.43. The molecule has 2 aromatic rings. The highest BCUT2D eigenvalue weighted by atomic mass is 79.9. The maximum atomic E-state index is 14.2. The number of hydrogen-bond acceptors (Lipinski definition) is 1. The molecule has 3 rings (SSSR count). The fourth-order valence-corrected chi connectivity index (χ4v) is 3.06. The second-order valence-corrected chi connectivity index (χ2v) is 6.20. The van der Waals surface area contributed by atoms with Gasteiger partial charge in [0.15, 0.2) is 5.82 Å². The number of benzene rings is 1. The molecule has 0 spiro atoms. The van der Waals surface area contributed by atoms with Gasteiger partial charge in [0.1, 0.15) is 11.3 Å². The van der Waals surface area contributed by atoms with Crippen LogP contribution in [0.3, 0.4) is 0 Å². The zero-order chi connectivity index (χ0) is 14.3. The molecule has 0 amide bonds. The summed E-state index contributed by atoms with van der Waals surface area (Å²) in [6, 6.07) is 5.12. The van der Waals surface area contributed by atoms with E-state index in [-0.39, 0.29) is 11.3 Å².